The molecule has 0 aliphatic carbocycles. The van der Waals surface area contributed by atoms with E-state index in [9.17, 15) is 4.79 Å². The fraction of sp³-hybridized carbons (Fsp3) is 0.500. The van der Waals surface area contributed by atoms with Crippen molar-refractivity contribution in [1.82, 2.24) is 4.90 Å². The van der Waals surface area contributed by atoms with Crippen LogP contribution in [0.25, 0.3) is 0 Å². The molecule has 1 aliphatic rings. The van der Waals surface area contributed by atoms with Gasteiger partial charge in [0.05, 0.1) is 5.02 Å². The van der Waals surface area contributed by atoms with Crippen LogP contribution in [0.3, 0.4) is 0 Å². The van der Waals surface area contributed by atoms with Gasteiger partial charge in [0.25, 0.3) is 0 Å². The summed E-state index contributed by atoms with van der Waals surface area (Å²) in [6.07, 6.45) is 1.75. The van der Waals surface area contributed by atoms with Crippen LogP contribution in [0.4, 0.5) is 0 Å². The summed E-state index contributed by atoms with van der Waals surface area (Å²) in [6.45, 7) is 1.85. The van der Waals surface area contributed by atoms with Crippen LogP contribution in [0.1, 0.15) is 18.4 Å². The van der Waals surface area contributed by atoms with E-state index in [0.717, 1.165) is 25.1 Å². The van der Waals surface area contributed by atoms with E-state index >= 15 is 0 Å². The number of ether oxygens (including phenoxy) is 1. The molecule has 0 radical (unpaired) electrons. The third kappa shape index (κ3) is 4.11. The summed E-state index contributed by atoms with van der Waals surface area (Å²) in [6, 6.07) is 5.68. The van der Waals surface area contributed by atoms with Crippen molar-refractivity contribution >= 4 is 17.6 Å². The molecule has 1 N–H and O–H groups in total. The van der Waals surface area contributed by atoms with E-state index in [1.807, 2.05) is 25.2 Å². The first kappa shape index (κ1) is 14.2. The summed E-state index contributed by atoms with van der Waals surface area (Å²) in [5, 5.41) is 9.19. The van der Waals surface area contributed by atoms with Crippen molar-refractivity contribution in [2.75, 3.05) is 20.1 Å². The van der Waals surface area contributed by atoms with Gasteiger partial charge in [-0.2, -0.15) is 0 Å². The minimum absolute atomic E-state index is 0.185. The van der Waals surface area contributed by atoms with Gasteiger partial charge in [0.2, 0.25) is 0 Å². The first-order valence-corrected chi connectivity index (χ1v) is 6.78. The maximum Gasteiger partial charge on any atom is 0.303 e. The molecule has 1 aromatic rings. The number of benzene rings is 1. The Hall–Kier alpha value is -1.26. The van der Waals surface area contributed by atoms with Crippen LogP contribution >= 0.6 is 11.6 Å². The standard InChI is InChI=1S/C14H18ClNO3/c1-16-8-11(9-16)19-13-6-5-10(7-12(13)15)3-2-4-14(17)18/h5-7,11H,2-4,8-9H2,1H3,(H,17,18). The monoisotopic (exact) mass is 283 g/mol. The molecule has 0 spiro atoms. The number of hydrogen-bond acceptors (Lipinski definition) is 3. The fourth-order valence-corrected chi connectivity index (χ4v) is 2.38. The van der Waals surface area contributed by atoms with Crippen molar-refractivity contribution in [3.8, 4) is 5.75 Å². The molecular formula is C14H18ClNO3. The van der Waals surface area contributed by atoms with Gasteiger partial charge in [-0.15, -0.1) is 0 Å². The van der Waals surface area contributed by atoms with Crippen LogP contribution in [0.2, 0.25) is 5.02 Å². The first-order chi connectivity index (χ1) is 9.04. The fourth-order valence-electron chi connectivity index (χ4n) is 2.14. The molecule has 0 saturated carbocycles. The van der Waals surface area contributed by atoms with Gasteiger partial charge >= 0.3 is 5.97 Å². The predicted molar refractivity (Wildman–Crippen MR) is 73.9 cm³/mol. The smallest absolute Gasteiger partial charge is 0.303 e. The number of carboxylic acid groups (broad SMARTS) is 1. The first-order valence-electron chi connectivity index (χ1n) is 6.40. The molecule has 2 rings (SSSR count). The lowest BCUT2D eigenvalue weighted by atomic mass is 10.1. The Labute approximate surface area is 117 Å². The number of rotatable bonds is 6. The second-order valence-corrected chi connectivity index (χ2v) is 5.38. The van der Waals surface area contributed by atoms with Crippen molar-refractivity contribution in [2.45, 2.75) is 25.4 Å². The SMILES string of the molecule is CN1CC(Oc2ccc(CCCC(=O)O)cc2Cl)C1. The predicted octanol–water partition coefficient (Wildman–Crippen LogP) is 2.44. The van der Waals surface area contributed by atoms with E-state index in [4.69, 9.17) is 21.4 Å². The van der Waals surface area contributed by atoms with Crippen LogP contribution in [0.15, 0.2) is 18.2 Å². The highest BCUT2D eigenvalue weighted by Crippen LogP contribution is 2.28. The molecule has 0 amide bonds. The Balaban J connectivity index is 1.87. The molecule has 5 heteroatoms. The Kier molecular flexibility index (Phi) is 4.66. The van der Waals surface area contributed by atoms with Gasteiger partial charge in [-0.1, -0.05) is 17.7 Å². The molecule has 1 saturated heterocycles. The second kappa shape index (κ2) is 6.26. The van der Waals surface area contributed by atoms with Crippen LogP contribution in [0, 0.1) is 0 Å². The van der Waals surface area contributed by atoms with Crippen LogP contribution < -0.4 is 4.74 Å². The highest BCUT2D eigenvalue weighted by Gasteiger charge is 2.25. The number of carboxylic acids is 1. The number of hydrogen-bond donors (Lipinski definition) is 1. The molecule has 0 bridgehead atoms. The molecular weight excluding hydrogens is 266 g/mol. The number of aryl methyl sites for hydroxylation is 1. The van der Waals surface area contributed by atoms with E-state index in [1.54, 1.807) is 0 Å². The summed E-state index contributed by atoms with van der Waals surface area (Å²) in [5.74, 6) is -0.0538. The molecule has 1 aliphatic heterocycles. The number of likely N-dealkylation sites (N-methyl/N-ethyl adjacent to an activating group) is 1. The second-order valence-electron chi connectivity index (χ2n) is 4.97. The Morgan fingerprint density at radius 1 is 1.53 bits per heavy atom. The number of likely N-dealkylation sites (tertiary alicyclic amines) is 1. The average molecular weight is 284 g/mol. The van der Waals surface area contributed by atoms with Crippen molar-refractivity contribution in [3.63, 3.8) is 0 Å². The van der Waals surface area contributed by atoms with Gasteiger partial charge in [-0.3, -0.25) is 9.69 Å². The molecule has 1 fully saturated rings. The number of carbonyl (C=O) groups is 1. The van der Waals surface area contributed by atoms with E-state index in [0.29, 0.717) is 17.2 Å². The number of aliphatic carboxylic acids is 1. The maximum absolute atomic E-state index is 10.4. The van der Waals surface area contributed by atoms with E-state index in [2.05, 4.69) is 4.90 Å². The molecule has 0 unspecified atom stereocenters. The number of nitrogens with zero attached hydrogens (tertiary/aromatic N) is 1. The zero-order chi connectivity index (χ0) is 13.8. The summed E-state index contributed by atoms with van der Waals surface area (Å²) < 4.78 is 5.78. The molecule has 4 nitrogen and oxygen atoms in total. The zero-order valence-electron chi connectivity index (χ0n) is 10.9. The summed E-state index contributed by atoms with van der Waals surface area (Å²) in [7, 11) is 2.05. The molecule has 0 aromatic heterocycles. The Bertz CT molecular complexity index is 458. The topological polar surface area (TPSA) is 49.8 Å². The lowest BCUT2D eigenvalue weighted by Gasteiger charge is -2.36. The third-order valence-corrected chi connectivity index (χ3v) is 3.47. The minimum atomic E-state index is -0.764. The van der Waals surface area contributed by atoms with Gasteiger partial charge in [0.1, 0.15) is 11.9 Å². The van der Waals surface area contributed by atoms with Crippen molar-refractivity contribution < 1.29 is 14.6 Å². The van der Waals surface area contributed by atoms with E-state index < -0.39 is 5.97 Å². The molecule has 1 aromatic carbocycles. The van der Waals surface area contributed by atoms with Crippen LogP contribution in [0.5, 0.6) is 5.75 Å². The lowest BCUT2D eigenvalue weighted by Crippen LogP contribution is -2.51. The van der Waals surface area contributed by atoms with E-state index in [1.165, 1.54) is 0 Å². The highest BCUT2D eigenvalue weighted by atomic mass is 35.5. The summed E-state index contributed by atoms with van der Waals surface area (Å²) in [5.41, 5.74) is 1.05. The van der Waals surface area contributed by atoms with Gasteiger partial charge < -0.3 is 9.84 Å². The highest BCUT2D eigenvalue weighted by molar-refractivity contribution is 6.32. The molecule has 104 valence electrons. The van der Waals surface area contributed by atoms with Crippen molar-refractivity contribution in [2.24, 2.45) is 0 Å². The van der Waals surface area contributed by atoms with Crippen molar-refractivity contribution in [3.05, 3.63) is 28.8 Å². The number of halogens is 1. The van der Waals surface area contributed by atoms with Crippen molar-refractivity contribution in [1.29, 1.82) is 0 Å². The van der Waals surface area contributed by atoms with Gasteiger partial charge in [0, 0.05) is 19.5 Å². The Morgan fingerprint density at radius 3 is 2.84 bits per heavy atom. The molecule has 1 heterocycles. The van der Waals surface area contributed by atoms with Crippen LogP contribution in [-0.4, -0.2) is 42.2 Å². The minimum Gasteiger partial charge on any atom is -0.486 e. The summed E-state index contributed by atoms with van der Waals surface area (Å²) in [4.78, 5) is 12.6. The normalized spacial score (nSPS) is 16.1. The van der Waals surface area contributed by atoms with Crippen LogP contribution in [-0.2, 0) is 11.2 Å². The largest absolute Gasteiger partial charge is 0.486 e. The Morgan fingerprint density at radius 2 is 2.26 bits per heavy atom. The van der Waals surface area contributed by atoms with Gasteiger partial charge in [-0.25, -0.2) is 0 Å². The third-order valence-electron chi connectivity index (χ3n) is 3.18. The quantitative estimate of drug-likeness (QED) is 0.871. The van der Waals surface area contributed by atoms with Gasteiger partial charge in [-0.05, 0) is 37.6 Å². The molecule has 19 heavy (non-hydrogen) atoms. The molecule has 0 atom stereocenters. The summed E-state index contributed by atoms with van der Waals surface area (Å²) >= 11 is 6.18. The zero-order valence-corrected chi connectivity index (χ0v) is 11.7. The lowest BCUT2D eigenvalue weighted by molar-refractivity contribution is -0.137. The maximum atomic E-state index is 10.4. The van der Waals surface area contributed by atoms with E-state index in [-0.39, 0.29) is 12.5 Å². The van der Waals surface area contributed by atoms with Gasteiger partial charge in [0.15, 0.2) is 0 Å². The average Bonchev–Trinajstić information content (AvgIpc) is 2.29.